The molecule has 0 aliphatic rings. The largest absolute Gasteiger partial charge is 0.496 e. The number of hydrogen-bond acceptors (Lipinski definition) is 2. The molecule has 1 N–H and O–H groups in total. The summed E-state index contributed by atoms with van der Waals surface area (Å²) in [6.45, 7) is 7.38. The van der Waals surface area contributed by atoms with E-state index in [1.807, 2.05) is 18.2 Å². The van der Waals surface area contributed by atoms with Crippen molar-refractivity contribution in [3.05, 3.63) is 93.8 Å². The molecule has 0 amide bonds. The molecule has 146 valence electrons. The zero-order chi connectivity index (χ0) is 20.1. The summed E-state index contributed by atoms with van der Waals surface area (Å²) < 4.78 is 18.8. The Kier molecular flexibility index (Phi) is 6.35. The van der Waals surface area contributed by atoms with Crippen LogP contribution in [0.15, 0.2) is 54.6 Å². The number of methoxy groups -OCH3 is 1. The second-order valence-electron chi connectivity index (χ2n) is 7.25. The van der Waals surface area contributed by atoms with Crippen LogP contribution in [0.5, 0.6) is 5.75 Å². The van der Waals surface area contributed by atoms with Crippen molar-refractivity contribution in [1.82, 2.24) is 0 Å². The van der Waals surface area contributed by atoms with Gasteiger partial charge in [-0.3, -0.25) is 0 Å². The van der Waals surface area contributed by atoms with Crippen molar-refractivity contribution in [3.63, 3.8) is 0 Å². The highest BCUT2D eigenvalue weighted by molar-refractivity contribution is 5.53. The van der Waals surface area contributed by atoms with Gasteiger partial charge < -0.3 is 10.1 Å². The third-order valence-corrected chi connectivity index (χ3v) is 5.11. The first-order valence-electron chi connectivity index (χ1n) is 9.74. The molecule has 0 heterocycles. The molecule has 3 heteroatoms. The quantitative estimate of drug-likeness (QED) is 0.540. The number of hydrogen-bond donors (Lipinski definition) is 1. The van der Waals surface area contributed by atoms with Crippen LogP contribution in [0, 0.1) is 19.7 Å². The Morgan fingerprint density at radius 3 is 2.11 bits per heavy atom. The summed E-state index contributed by atoms with van der Waals surface area (Å²) in [5.74, 6) is 0.653. The third kappa shape index (κ3) is 4.72. The molecule has 2 nitrogen and oxygen atoms in total. The van der Waals surface area contributed by atoms with Gasteiger partial charge in [0.05, 0.1) is 7.11 Å². The molecule has 0 saturated carbocycles. The van der Waals surface area contributed by atoms with E-state index in [1.54, 1.807) is 7.11 Å². The van der Waals surface area contributed by atoms with Gasteiger partial charge >= 0.3 is 0 Å². The van der Waals surface area contributed by atoms with Gasteiger partial charge in [0.25, 0.3) is 0 Å². The molecule has 0 saturated heterocycles. The number of aryl methyl sites for hydroxylation is 2. The van der Waals surface area contributed by atoms with E-state index in [1.165, 1.54) is 40.1 Å². The first-order valence-corrected chi connectivity index (χ1v) is 9.74. The Morgan fingerprint density at radius 1 is 0.857 bits per heavy atom. The van der Waals surface area contributed by atoms with Crippen LogP contribution in [0.1, 0.15) is 40.3 Å². The van der Waals surface area contributed by atoms with E-state index in [2.05, 4.69) is 50.4 Å². The maximum absolute atomic E-state index is 13.2. The smallest absolute Gasteiger partial charge is 0.123 e. The molecule has 0 aliphatic carbocycles. The molecule has 0 aliphatic heterocycles. The Labute approximate surface area is 167 Å². The molecule has 0 fully saturated rings. The Balaban J connectivity index is 1.88. The third-order valence-electron chi connectivity index (χ3n) is 5.11. The van der Waals surface area contributed by atoms with Crippen LogP contribution >= 0.6 is 0 Å². The van der Waals surface area contributed by atoms with Gasteiger partial charge in [0, 0.05) is 18.7 Å². The molecule has 3 aromatic carbocycles. The summed E-state index contributed by atoms with van der Waals surface area (Å²) in [7, 11) is 1.69. The van der Waals surface area contributed by atoms with E-state index in [0.29, 0.717) is 6.42 Å². The van der Waals surface area contributed by atoms with Crippen LogP contribution in [0.3, 0.4) is 0 Å². The summed E-state index contributed by atoms with van der Waals surface area (Å²) in [6.07, 6.45) is 1.60. The van der Waals surface area contributed by atoms with Crippen LogP contribution < -0.4 is 10.1 Å². The topological polar surface area (TPSA) is 21.3 Å². The summed E-state index contributed by atoms with van der Waals surface area (Å²) in [5.41, 5.74) is 8.57. The van der Waals surface area contributed by atoms with E-state index in [-0.39, 0.29) is 5.82 Å². The number of anilines is 1. The minimum absolute atomic E-state index is 0.212. The Bertz CT molecular complexity index is 924. The summed E-state index contributed by atoms with van der Waals surface area (Å²) in [5, 5.41) is 3.39. The van der Waals surface area contributed by atoms with Crippen LogP contribution in [0.2, 0.25) is 0 Å². The molecule has 0 aromatic heterocycles. The maximum Gasteiger partial charge on any atom is 0.123 e. The van der Waals surface area contributed by atoms with Gasteiger partial charge in [0.1, 0.15) is 11.6 Å². The average molecular weight is 378 g/mol. The monoisotopic (exact) mass is 377 g/mol. The van der Waals surface area contributed by atoms with E-state index < -0.39 is 0 Å². The normalized spacial score (nSPS) is 10.8. The lowest BCUT2D eigenvalue weighted by molar-refractivity contribution is 0.410. The van der Waals surface area contributed by atoms with Crippen molar-refractivity contribution in [2.45, 2.75) is 33.6 Å². The van der Waals surface area contributed by atoms with E-state index in [9.17, 15) is 4.39 Å². The Hall–Kier alpha value is -2.81. The average Bonchev–Trinajstić information content (AvgIpc) is 2.67. The van der Waals surface area contributed by atoms with Gasteiger partial charge in [-0.1, -0.05) is 24.3 Å². The Morgan fingerprint density at radius 2 is 1.50 bits per heavy atom. The van der Waals surface area contributed by atoms with E-state index in [4.69, 9.17) is 4.74 Å². The molecule has 0 bridgehead atoms. The lowest BCUT2D eigenvalue weighted by Gasteiger charge is -2.15. The zero-order valence-corrected chi connectivity index (χ0v) is 17.1. The van der Waals surface area contributed by atoms with Crippen LogP contribution in [0.4, 0.5) is 10.1 Å². The fourth-order valence-electron chi connectivity index (χ4n) is 3.68. The van der Waals surface area contributed by atoms with Crippen LogP contribution in [0.25, 0.3) is 0 Å². The number of rotatable bonds is 7. The van der Waals surface area contributed by atoms with Gasteiger partial charge in [-0.15, -0.1) is 0 Å². The van der Waals surface area contributed by atoms with Crippen molar-refractivity contribution in [2.24, 2.45) is 0 Å². The molecule has 3 rings (SSSR count). The molecule has 28 heavy (non-hydrogen) atoms. The highest BCUT2D eigenvalue weighted by atomic mass is 19.1. The van der Waals surface area contributed by atoms with Gasteiger partial charge in [-0.25, -0.2) is 4.39 Å². The zero-order valence-electron chi connectivity index (χ0n) is 17.1. The summed E-state index contributed by atoms with van der Waals surface area (Å²) in [4.78, 5) is 0. The molecule has 0 atom stereocenters. The van der Waals surface area contributed by atoms with Crippen molar-refractivity contribution < 1.29 is 9.13 Å². The highest BCUT2D eigenvalue weighted by Gasteiger charge is 2.10. The number of nitrogens with one attached hydrogen (secondary N) is 1. The van der Waals surface area contributed by atoms with Crippen molar-refractivity contribution >= 4 is 5.69 Å². The fourth-order valence-corrected chi connectivity index (χ4v) is 3.68. The lowest BCUT2D eigenvalue weighted by Crippen LogP contribution is -2.02. The highest BCUT2D eigenvalue weighted by Crippen LogP contribution is 2.27. The van der Waals surface area contributed by atoms with Crippen molar-refractivity contribution in [3.8, 4) is 5.75 Å². The van der Waals surface area contributed by atoms with Crippen molar-refractivity contribution in [1.29, 1.82) is 0 Å². The summed E-state index contributed by atoms with van der Waals surface area (Å²) in [6, 6.07) is 17.5. The lowest BCUT2D eigenvalue weighted by atomic mass is 9.93. The van der Waals surface area contributed by atoms with Gasteiger partial charge in [-0.05, 0) is 90.9 Å². The molecule has 0 spiro atoms. The molecular weight excluding hydrogens is 349 g/mol. The fraction of sp³-hybridized carbons (Fsp3) is 0.280. The molecular formula is C25H28FNO. The first kappa shape index (κ1) is 19.9. The summed E-state index contributed by atoms with van der Waals surface area (Å²) >= 11 is 0. The minimum atomic E-state index is -0.212. The van der Waals surface area contributed by atoms with Crippen molar-refractivity contribution in [2.75, 3.05) is 19.0 Å². The van der Waals surface area contributed by atoms with Gasteiger partial charge in [-0.2, -0.15) is 0 Å². The minimum Gasteiger partial charge on any atom is -0.496 e. The number of benzene rings is 3. The predicted octanol–water partition coefficient (Wildman–Crippen LogP) is 6.06. The second-order valence-corrected chi connectivity index (χ2v) is 7.25. The first-order chi connectivity index (χ1) is 13.5. The van der Waals surface area contributed by atoms with E-state index in [0.717, 1.165) is 29.8 Å². The maximum atomic E-state index is 13.2. The van der Waals surface area contributed by atoms with Crippen LogP contribution in [-0.2, 0) is 12.8 Å². The SMILES string of the molecule is CCNc1cc(C)c(Cc2ccc(OC)c(Cc3ccc(F)cc3)c2)c(C)c1. The second kappa shape index (κ2) is 8.92. The number of halogens is 1. The van der Waals surface area contributed by atoms with E-state index >= 15 is 0 Å². The molecule has 0 radical (unpaired) electrons. The molecule has 3 aromatic rings. The number of ether oxygens (including phenoxy) is 1. The van der Waals surface area contributed by atoms with Gasteiger partial charge in [0.15, 0.2) is 0 Å². The standard InChI is InChI=1S/C25H28FNO/c1-5-27-23-12-17(2)24(18(3)13-23)16-20-8-11-25(28-4)21(15-20)14-19-6-9-22(26)10-7-19/h6-13,15,27H,5,14,16H2,1-4H3. The predicted molar refractivity (Wildman–Crippen MR) is 115 cm³/mol. The molecule has 0 unspecified atom stereocenters. The van der Waals surface area contributed by atoms with Gasteiger partial charge in [0.2, 0.25) is 0 Å². The van der Waals surface area contributed by atoms with Crippen LogP contribution in [-0.4, -0.2) is 13.7 Å².